The molecule has 4 heteroatoms. The molecule has 18 heavy (non-hydrogen) atoms. The first-order valence-corrected chi connectivity index (χ1v) is 6.20. The first-order valence-electron chi connectivity index (χ1n) is 6.20. The average molecular weight is 241 g/mol. The molecule has 1 aliphatic heterocycles. The Morgan fingerprint density at radius 3 is 3.06 bits per heavy atom. The lowest BCUT2D eigenvalue weighted by Crippen LogP contribution is -2.31. The van der Waals surface area contributed by atoms with Crippen LogP contribution in [0.5, 0.6) is 0 Å². The SMILES string of the molecule is O=C1CCC(CNc2ccnc3ccccc23)N1. The predicted octanol–water partition coefficient (Wildman–Crippen LogP) is 1.93. The number of fused-ring (bicyclic) bond motifs is 1. The highest BCUT2D eigenvalue weighted by molar-refractivity contribution is 5.90. The van der Waals surface area contributed by atoms with Crippen LogP contribution in [0.2, 0.25) is 0 Å². The number of para-hydroxylation sites is 1. The Balaban J connectivity index is 1.76. The Hall–Kier alpha value is -2.10. The van der Waals surface area contributed by atoms with Crippen LogP contribution in [-0.2, 0) is 4.79 Å². The molecule has 0 radical (unpaired) electrons. The predicted molar refractivity (Wildman–Crippen MR) is 71.4 cm³/mol. The van der Waals surface area contributed by atoms with E-state index in [-0.39, 0.29) is 11.9 Å². The van der Waals surface area contributed by atoms with E-state index in [2.05, 4.69) is 21.7 Å². The highest BCUT2D eigenvalue weighted by atomic mass is 16.1. The standard InChI is InChI=1S/C14H15N3O/c18-14-6-5-10(17-14)9-16-13-7-8-15-12-4-2-1-3-11(12)13/h1-4,7-8,10H,5-6,9H2,(H,15,16)(H,17,18). The number of benzene rings is 1. The smallest absolute Gasteiger partial charge is 0.220 e. The summed E-state index contributed by atoms with van der Waals surface area (Å²) < 4.78 is 0. The Morgan fingerprint density at radius 2 is 2.22 bits per heavy atom. The van der Waals surface area contributed by atoms with Crippen molar-refractivity contribution >= 4 is 22.5 Å². The van der Waals surface area contributed by atoms with Gasteiger partial charge < -0.3 is 10.6 Å². The second-order valence-corrected chi connectivity index (χ2v) is 4.56. The number of amides is 1. The van der Waals surface area contributed by atoms with E-state index >= 15 is 0 Å². The van der Waals surface area contributed by atoms with Gasteiger partial charge in [0, 0.05) is 36.3 Å². The molecule has 1 atom stereocenters. The topological polar surface area (TPSA) is 54.0 Å². The van der Waals surface area contributed by atoms with Gasteiger partial charge in [0.15, 0.2) is 0 Å². The number of hydrogen-bond donors (Lipinski definition) is 2. The number of anilines is 1. The second kappa shape index (κ2) is 4.64. The summed E-state index contributed by atoms with van der Waals surface area (Å²) in [6.07, 6.45) is 3.36. The molecule has 1 amide bonds. The van der Waals surface area contributed by atoms with E-state index in [1.807, 2.05) is 24.3 Å². The minimum atomic E-state index is 0.154. The quantitative estimate of drug-likeness (QED) is 0.863. The van der Waals surface area contributed by atoms with Gasteiger partial charge in [0.2, 0.25) is 5.91 Å². The van der Waals surface area contributed by atoms with Gasteiger partial charge in [-0.2, -0.15) is 0 Å². The summed E-state index contributed by atoms with van der Waals surface area (Å²) in [7, 11) is 0. The Labute approximate surface area is 105 Å². The number of aromatic nitrogens is 1. The molecule has 0 saturated carbocycles. The molecule has 3 rings (SSSR count). The van der Waals surface area contributed by atoms with Crippen molar-refractivity contribution in [2.75, 3.05) is 11.9 Å². The van der Waals surface area contributed by atoms with Crippen molar-refractivity contribution in [1.29, 1.82) is 0 Å². The molecule has 2 heterocycles. The van der Waals surface area contributed by atoms with Gasteiger partial charge in [0.25, 0.3) is 0 Å². The van der Waals surface area contributed by atoms with Gasteiger partial charge in [-0.05, 0) is 18.6 Å². The van der Waals surface area contributed by atoms with E-state index in [0.29, 0.717) is 6.42 Å². The molecule has 1 aromatic heterocycles. The van der Waals surface area contributed by atoms with Crippen LogP contribution in [0.15, 0.2) is 36.5 Å². The Morgan fingerprint density at radius 1 is 1.33 bits per heavy atom. The van der Waals surface area contributed by atoms with Crippen molar-refractivity contribution in [3.05, 3.63) is 36.5 Å². The van der Waals surface area contributed by atoms with Crippen molar-refractivity contribution in [2.45, 2.75) is 18.9 Å². The second-order valence-electron chi connectivity index (χ2n) is 4.56. The zero-order chi connectivity index (χ0) is 12.4. The van der Waals surface area contributed by atoms with E-state index < -0.39 is 0 Å². The van der Waals surface area contributed by atoms with Gasteiger partial charge in [0.1, 0.15) is 0 Å². The van der Waals surface area contributed by atoms with Crippen LogP contribution in [0.1, 0.15) is 12.8 Å². The zero-order valence-electron chi connectivity index (χ0n) is 10.0. The van der Waals surface area contributed by atoms with Crippen molar-refractivity contribution in [1.82, 2.24) is 10.3 Å². The van der Waals surface area contributed by atoms with Gasteiger partial charge in [-0.3, -0.25) is 9.78 Å². The van der Waals surface area contributed by atoms with Crippen molar-refractivity contribution < 1.29 is 4.79 Å². The minimum absolute atomic E-state index is 0.154. The van der Waals surface area contributed by atoms with Crippen LogP contribution in [-0.4, -0.2) is 23.5 Å². The van der Waals surface area contributed by atoms with Gasteiger partial charge in [-0.25, -0.2) is 0 Å². The number of carbonyl (C=O) groups excluding carboxylic acids is 1. The molecule has 1 saturated heterocycles. The summed E-state index contributed by atoms with van der Waals surface area (Å²) in [6, 6.07) is 10.3. The molecule has 4 nitrogen and oxygen atoms in total. The number of hydrogen-bond acceptors (Lipinski definition) is 3. The van der Waals surface area contributed by atoms with E-state index in [0.717, 1.165) is 29.6 Å². The summed E-state index contributed by atoms with van der Waals surface area (Å²) in [6.45, 7) is 0.764. The Bertz CT molecular complexity index is 577. The number of pyridine rings is 1. The molecule has 2 N–H and O–H groups in total. The summed E-state index contributed by atoms with van der Waals surface area (Å²) in [4.78, 5) is 15.5. The van der Waals surface area contributed by atoms with Gasteiger partial charge in [0.05, 0.1) is 5.52 Å². The zero-order valence-corrected chi connectivity index (χ0v) is 10.0. The number of nitrogens with zero attached hydrogens (tertiary/aromatic N) is 1. The summed E-state index contributed by atoms with van der Waals surface area (Å²) >= 11 is 0. The maximum Gasteiger partial charge on any atom is 0.220 e. The lowest BCUT2D eigenvalue weighted by molar-refractivity contribution is -0.119. The van der Waals surface area contributed by atoms with Crippen LogP contribution in [0.25, 0.3) is 10.9 Å². The largest absolute Gasteiger partial charge is 0.382 e. The minimum Gasteiger partial charge on any atom is -0.382 e. The first-order chi connectivity index (χ1) is 8.83. The van der Waals surface area contributed by atoms with E-state index in [9.17, 15) is 4.79 Å². The molecular formula is C14H15N3O. The molecule has 1 fully saturated rings. The molecular weight excluding hydrogens is 226 g/mol. The fraction of sp³-hybridized carbons (Fsp3) is 0.286. The normalized spacial score (nSPS) is 18.9. The lowest BCUT2D eigenvalue weighted by Gasteiger charge is -2.13. The number of rotatable bonds is 3. The average Bonchev–Trinajstić information content (AvgIpc) is 2.82. The molecule has 0 spiro atoms. The van der Waals surface area contributed by atoms with Crippen LogP contribution in [0.3, 0.4) is 0 Å². The highest BCUT2D eigenvalue weighted by Crippen LogP contribution is 2.21. The third kappa shape index (κ3) is 2.14. The molecule has 0 aliphatic carbocycles. The van der Waals surface area contributed by atoms with E-state index in [4.69, 9.17) is 0 Å². The molecule has 0 bridgehead atoms. The molecule has 1 aromatic carbocycles. The van der Waals surface area contributed by atoms with Gasteiger partial charge >= 0.3 is 0 Å². The van der Waals surface area contributed by atoms with Crippen LogP contribution in [0.4, 0.5) is 5.69 Å². The third-order valence-electron chi connectivity index (χ3n) is 3.27. The highest BCUT2D eigenvalue weighted by Gasteiger charge is 2.20. The first kappa shape index (κ1) is 11.0. The van der Waals surface area contributed by atoms with Gasteiger partial charge in [-0.1, -0.05) is 18.2 Å². The maximum atomic E-state index is 11.1. The van der Waals surface area contributed by atoms with Gasteiger partial charge in [-0.15, -0.1) is 0 Å². The van der Waals surface area contributed by atoms with Crippen molar-refractivity contribution in [2.24, 2.45) is 0 Å². The maximum absolute atomic E-state index is 11.1. The molecule has 1 unspecified atom stereocenters. The van der Waals surface area contributed by atoms with Crippen LogP contribution < -0.4 is 10.6 Å². The lowest BCUT2D eigenvalue weighted by atomic mass is 10.1. The van der Waals surface area contributed by atoms with Crippen molar-refractivity contribution in [3.8, 4) is 0 Å². The summed E-state index contributed by atoms with van der Waals surface area (Å²) in [5.41, 5.74) is 2.06. The van der Waals surface area contributed by atoms with E-state index in [1.165, 1.54) is 0 Å². The van der Waals surface area contributed by atoms with E-state index in [1.54, 1.807) is 6.20 Å². The number of nitrogens with one attached hydrogen (secondary N) is 2. The van der Waals surface area contributed by atoms with Crippen LogP contribution in [0, 0.1) is 0 Å². The monoisotopic (exact) mass is 241 g/mol. The van der Waals surface area contributed by atoms with Crippen molar-refractivity contribution in [3.63, 3.8) is 0 Å². The molecule has 92 valence electrons. The molecule has 2 aromatic rings. The van der Waals surface area contributed by atoms with Crippen LogP contribution >= 0.6 is 0 Å². The fourth-order valence-electron chi connectivity index (χ4n) is 2.31. The number of carbonyl (C=O) groups is 1. The Kier molecular flexibility index (Phi) is 2.84. The fourth-order valence-corrected chi connectivity index (χ4v) is 2.31. The summed E-state index contributed by atoms with van der Waals surface area (Å²) in [5.74, 6) is 0.154. The summed E-state index contributed by atoms with van der Waals surface area (Å²) in [5, 5.41) is 7.47. The molecule has 1 aliphatic rings. The third-order valence-corrected chi connectivity index (χ3v) is 3.27.